The Balaban J connectivity index is 1.62. The van der Waals surface area contributed by atoms with Crippen LogP contribution in [-0.2, 0) is 19.1 Å². The largest absolute Gasteiger partial charge is 0.459 e. The maximum atomic E-state index is 13.5. The van der Waals surface area contributed by atoms with Gasteiger partial charge in [0, 0.05) is 0 Å². The van der Waals surface area contributed by atoms with Crippen LogP contribution in [0.4, 0.5) is 0 Å². The fourth-order valence-corrected chi connectivity index (χ4v) is 6.16. The molecule has 0 N–H and O–H groups in total. The maximum Gasteiger partial charge on any atom is 0.338 e. The molecule has 252 valence electrons. The zero-order chi connectivity index (χ0) is 33.7. The predicted octanol–water partition coefficient (Wildman–Crippen LogP) is 8.89. The van der Waals surface area contributed by atoms with Crippen LogP contribution in [0.5, 0.6) is 11.5 Å². The molecule has 0 amide bonds. The number of esters is 4. The molecule has 1 fully saturated rings. The molecule has 1 aliphatic rings. The Morgan fingerprint density at radius 3 is 1.26 bits per heavy atom. The van der Waals surface area contributed by atoms with E-state index < -0.39 is 29.3 Å². The summed E-state index contributed by atoms with van der Waals surface area (Å²) in [5.41, 5.74) is -0.741. The summed E-state index contributed by atoms with van der Waals surface area (Å²) in [6.45, 7) is 12.3. The molecule has 0 saturated heterocycles. The lowest BCUT2D eigenvalue weighted by Gasteiger charge is -2.32. The molecule has 0 radical (unpaired) electrons. The van der Waals surface area contributed by atoms with E-state index in [1.165, 1.54) is 24.3 Å². The van der Waals surface area contributed by atoms with Gasteiger partial charge >= 0.3 is 23.9 Å². The van der Waals surface area contributed by atoms with Crippen LogP contribution < -0.4 is 9.47 Å². The molecule has 0 aromatic heterocycles. The van der Waals surface area contributed by atoms with Gasteiger partial charge in [0.25, 0.3) is 0 Å². The van der Waals surface area contributed by atoms with E-state index in [1.807, 2.05) is 13.8 Å². The fourth-order valence-electron chi connectivity index (χ4n) is 6.16. The van der Waals surface area contributed by atoms with Crippen LogP contribution in [0.3, 0.4) is 0 Å². The second-order valence-corrected chi connectivity index (χ2v) is 12.7. The fraction of sp³-hybridized carbons (Fsp3) is 0.579. The molecule has 2 aromatic rings. The molecule has 2 aromatic carbocycles. The van der Waals surface area contributed by atoms with Crippen molar-refractivity contribution >= 4 is 23.9 Å². The van der Waals surface area contributed by atoms with Gasteiger partial charge < -0.3 is 18.9 Å². The first-order valence-corrected chi connectivity index (χ1v) is 17.1. The summed E-state index contributed by atoms with van der Waals surface area (Å²) >= 11 is 0. The molecule has 3 rings (SSSR count). The van der Waals surface area contributed by atoms with Crippen molar-refractivity contribution < 1.29 is 38.1 Å². The first-order chi connectivity index (χ1) is 22.0. The molecule has 0 aliphatic heterocycles. The van der Waals surface area contributed by atoms with E-state index in [4.69, 9.17) is 18.9 Å². The van der Waals surface area contributed by atoms with Crippen molar-refractivity contribution in [2.24, 2.45) is 17.3 Å². The highest BCUT2D eigenvalue weighted by atomic mass is 16.6. The molecule has 0 bridgehead atoms. The van der Waals surface area contributed by atoms with Gasteiger partial charge in [-0.25, -0.2) is 9.59 Å². The summed E-state index contributed by atoms with van der Waals surface area (Å²) in [6, 6.07) is 12.4. The second kappa shape index (κ2) is 17.9. The van der Waals surface area contributed by atoms with Crippen LogP contribution in [0.15, 0.2) is 48.5 Å². The zero-order valence-electron chi connectivity index (χ0n) is 28.5. The van der Waals surface area contributed by atoms with E-state index in [9.17, 15) is 19.2 Å². The smallest absolute Gasteiger partial charge is 0.338 e. The molecule has 8 nitrogen and oxygen atoms in total. The topological polar surface area (TPSA) is 105 Å². The SMILES string of the molecule is CCC(CC)C[C@@H](C)OC(=O)c1ccc(OC(=O)C2(C(=O)Oc3ccc(C(=O)O[C@H](C)CC(CC)CC)cc3)CCCCC2)cc1. The van der Waals surface area contributed by atoms with Gasteiger partial charge in [-0.3, -0.25) is 9.59 Å². The van der Waals surface area contributed by atoms with E-state index in [-0.39, 0.29) is 23.7 Å². The van der Waals surface area contributed by atoms with Crippen molar-refractivity contribution in [3.05, 3.63) is 59.7 Å². The number of ether oxygens (including phenoxy) is 4. The third kappa shape index (κ3) is 10.2. The quantitative estimate of drug-likeness (QED) is 0.102. The summed E-state index contributed by atoms with van der Waals surface area (Å²) in [7, 11) is 0. The molecule has 8 heteroatoms. The summed E-state index contributed by atoms with van der Waals surface area (Å²) in [5.74, 6) is -0.765. The highest BCUT2D eigenvalue weighted by molar-refractivity contribution is 6.02. The third-order valence-corrected chi connectivity index (χ3v) is 9.35. The maximum absolute atomic E-state index is 13.5. The normalized spacial score (nSPS) is 15.6. The number of benzene rings is 2. The van der Waals surface area contributed by atoms with Crippen molar-refractivity contribution in [3.8, 4) is 11.5 Å². The van der Waals surface area contributed by atoms with E-state index in [0.717, 1.165) is 44.9 Å². The van der Waals surface area contributed by atoms with Gasteiger partial charge in [-0.15, -0.1) is 0 Å². The van der Waals surface area contributed by atoms with Gasteiger partial charge in [0.15, 0.2) is 5.41 Å². The van der Waals surface area contributed by atoms with Crippen molar-refractivity contribution in [2.45, 2.75) is 124 Å². The number of rotatable bonds is 16. The summed E-state index contributed by atoms with van der Waals surface area (Å²) in [6.07, 6.45) is 8.24. The van der Waals surface area contributed by atoms with Crippen LogP contribution in [0.25, 0.3) is 0 Å². The van der Waals surface area contributed by atoms with Gasteiger partial charge in [-0.05, 0) is 99.9 Å². The standard InChI is InChI=1S/C38H52O8/c1-7-28(8-2)24-26(5)43-34(39)30-14-18-32(19-15-30)45-36(41)38(22-12-11-13-23-38)37(42)46-33-20-16-31(17-21-33)35(40)44-27(6)25-29(9-3)10-4/h14-21,26-29H,7-13,22-25H2,1-6H3/t26-,27-/m1/s1. The van der Waals surface area contributed by atoms with Crippen LogP contribution in [0.2, 0.25) is 0 Å². The van der Waals surface area contributed by atoms with Gasteiger partial charge in [-0.2, -0.15) is 0 Å². The Morgan fingerprint density at radius 1 is 0.587 bits per heavy atom. The van der Waals surface area contributed by atoms with Crippen molar-refractivity contribution in [2.75, 3.05) is 0 Å². The first kappa shape index (κ1) is 36.8. The van der Waals surface area contributed by atoms with E-state index in [1.54, 1.807) is 24.3 Å². The highest BCUT2D eigenvalue weighted by Crippen LogP contribution is 2.39. The number of carbonyl (C=O) groups excluding carboxylic acids is 4. The zero-order valence-corrected chi connectivity index (χ0v) is 28.5. The average Bonchev–Trinajstić information content (AvgIpc) is 3.06. The van der Waals surface area contributed by atoms with Crippen molar-refractivity contribution in [3.63, 3.8) is 0 Å². The lowest BCUT2D eigenvalue weighted by Crippen LogP contribution is -2.46. The highest BCUT2D eigenvalue weighted by Gasteiger charge is 2.50. The lowest BCUT2D eigenvalue weighted by atomic mass is 9.74. The molecule has 2 atom stereocenters. The molecular formula is C38H52O8. The Bertz CT molecular complexity index is 1180. The Kier molecular flexibility index (Phi) is 14.3. The average molecular weight is 637 g/mol. The predicted molar refractivity (Wildman–Crippen MR) is 177 cm³/mol. The minimum atomic E-state index is -1.46. The molecule has 0 heterocycles. The van der Waals surface area contributed by atoms with Gasteiger partial charge in [-0.1, -0.05) is 72.6 Å². The monoisotopic (exact) mass is 636 g/mol. The Hall–Kier alpha value is -3.68. The van der Waals surface area contributed by atoms with E-state index in [0.29, 0.717) is 48.6 Å². The molecule has 1 aliphatic carbocycles. The van der Waals surface area contributed by atoms with E-state index >= 15 is 0 Å². The van der Waals surface area contributed by atoms with E-state index in [2.05, 4.69) is 27.7 Å². The van der Waals surface area contributed by atoms with Gasteiger partial charge in [0.2, 0.25) is 0 Å². The number of carbonyl (C=O) groups is 4. The number of hydrogen-bond acceptors (Lipinski definition) is 8. The summed E-state index contributed by atoms with van der Waals surface area (Å²) in [5, 5.41) is 0. The van der Waals surface area contributed by atoms with Crippen LogP contribution in [0.1, 0.15) is 133 Å². The van der Waals surface area contributed by atoms with Crippen LogP contribution in [-0.4, -0.2) is 36.1 Å². The molecule has 46 heavy (non-hydrogen) atoms. The van der Waals surface area contributed by atoms with Crippen molar-refractivity contribution in [1.82, 2.24) is 0 Å². The molecule has 1 saturated carbocycles. The van der Waals surface area contributed by atoms with Crippen molar-refractivity contribution in [1.29, 1.82) is 0 Å². The Morgan fingerprint density at radius 2 is 0.935 bits per heavy atom. The van der Waals surface area contributed by atoms with Gasteiger partial charge in [0.05, 0.1) is 23.3 Å². The summed E-state index contributed by atoms with van der Waals surface area (Å²) < 4.78 is 22.6. The Labute approximate surface area is 274 Å². The molecular weight excluding hydrogens is 584 g/mol. The second-order valence-electron chi connectivity index (χ2n) is 12.7. The minimum absolute atomic E-state index is 0.204. The van der Waals surface area contributed by atoms with Gasteiger partial charge in [0.1, 0.15) is 11.5 Å². The minimum Gasteiger partial charge on any atom is -0.459 e. The van der Waals surface area contributed by atoms with Crippen LogP contribution in [0, 0.1) is 17.3 Å². The first-order valence-electron chi connectivity index (χ1n) is 17.1. The molecule has 0 unspecified atom stereocenters. The van der Waals surface area contributed by atoms with Crippen LogP contribution >= 0.6 is 0 Å². The summed E-state index contributed by atoms with van der Waals surface area (Å²) in [4.78, 5) is 52.4. The number of hydrogen-bond donors (Lipinski definition) is 0. The molecule has 0 spiro atoms. The lowest BCUT2D eigenvalue weighted by molar-refractivity contribution is -0.163. The third-order valence-electron chi connectivity index (χ3n) is 9.35.